The van der Waals surface area contributed by atoms with Crippen molar-refractivity contribution in [1.29, 1.82) is 0 Å². The second kappa shape index (κ2) is 5.20. The first kappa shape index (κ1) is 14.1. The van der Waals surface area contributed by atoms with Gasteiger partial charge >= 0.3 is 0 Å². The Hall–Kier alpha value is -3.10. The van der Waals surface area contributed by atoms with Crippen molar-refractivity contribution in [2.75, 3.05) is 0 Å². The molecule has 0 fully saturated rings. The lowest BCUT2D eigenvalue weighted by Gasteiger charge is -2.01. The fourth-order valence-corrected chi connectivity index (χ4v) is 5.17. The Bertz CT molecular complexity index is 1420. The minimum absolute atomic E-state index is 1.20. The molecule has 0 saturated heterocycles. The first-order chi connectivity index (χ1) is 12.9. The van der Waals surface area contributed by atoms with Gasteiger partial charge in [0.05, 0.1) is 10.2 Å². The average molecular weight is 349 g/mol. The van der Waals surface area contributed by atoms with Gasteiger partial charge < -0.3 is 4.98 Å². The number of fused-ring (bicyclic) bond motifs is 7. The average Bonchev–Trinajstić information content (AvgIpc) is 3.26. The highest BCUT2D eigenvalue weighted by Gasteiger charge is 2.12. The van der Waals surface area contributed by atoms with E-state index in [1.54, 1.807) is 0 Å². The van der Waals surface area contributed by atoms with Crippen LogP contribution >= 0.6 is 11.3 Å². The largest absolute Gasteiger partial charge is 0.353 e. The van der Waals surface area contributed by atoms with Gasteiger partial charge in [-0.15, -0.1) is 11.3 Å². The molecule has 0 amide bonds. The van der Waals surface area contributed by atoms with Crippen molar-refractivity contribution in [2.24, 2.45) is 0 Å². The number of hydrogen-bond acceptors (Lipinski definition) is 1. The van der Waals surface area contributed by atoms with E-state index < -0.39 is 0 Å². The Morgan fingerprint density at radius 3 is 2.27 bits per heavy atom. The zero-order valence-electron chi connectivity index (χ0n) is 14.0. The minimum Gasteiger partial charge on any atom is -0.353 e. The fourth-order valence-electron chi connectivity index (χ4n) is 3.96. The van der Waals surface area contributed by atoms with Crippen molar-refractivity contribution >= 4 is 53.3 Å². The molecular formula is C24H15NS. The predicted molar refractivity (Wildman–Crippen MR) is 114 cm³/mol. The maximum atomic E-state index is 3.70. The summed E-state index contributed by atoms with van der Waals surface area (Å²) in [5.74, 6) is 0. The number of benzene rings is 4. The number of hydrogen-bond donors (Lipinski definition) is 1. The molecule has 0 radical (unpaired) electrons. The molecule has 2 heteroatoms. The van der Waals surface area contributed by atoms with Gasteiger partial charge in [0, 0.05) is 31.8 Å². The zero-order chi connectivity index (χ0) is 17.1. The molecule has 2 aromatic heterocycles. The smallest absolute Gasteiger partial charge is 0.0646 e. The lowest BCUT2D eigenvalue weighted by Crippen LogP contribution is -1.76. The van der Waals surface area contributed by atoms with Crippen LogP contribution in [0.4, 0.5) is 0 Å². The molecule has 0 aliphatic heterocycles. The highest BCUT2D eigenvalue weighted by atomic mass is 32.1. The van der Waals surface area contributed by atoms with Crippen molar-refractivity contribution in [1.82, 2.24) is 4.98 Å². The molecule has 0 saturated carbocycles. The molecule has 0 spiro atoms. The Morgan fingerprint density at radius 1 is 0.577 bits per heavy atom. The molecule has 0 atom stereocenters. The molecule has 2 heterocycles. The van der Waals surface area contributed by atoms with Crippen LogP contribution in [-0.2, 0) is 0 Å². The summed E-state index contributed by atoms with van der Waals surface area (Å²) < 4.78 is 2.69. The van der Waals surface area contributed by atoms with Crippen molar-refractivity contribution in [2.45, 2.75) is 0 Å². The highest BCUT2D eigenvalue weighted by Crippen LogP contribution is 2.40. The Labute approximate surface area is 154 Å². The van der Waals surface area contributed by atoms with E-state index in [1.165, 1.54) is 53.1 Å². The molecule has 0 bridgehead atoms. The van der Waals surface area contributed by atoms with Gasteiger partial charge in [0.1, 0.15) is 0 Å². The summed E-state index contributed by atoms with van der Waals surface area (Å²) in [7, 11) is 0. The quantitative estimate of drug-likeness (QED) is 0.319. The van der Waals surface area contributed by atoms with E-state index in [4.69, 9.17) is 0 Å². The first-order valence-corrected chi connectivity index (χ1v) is 9.61. The standard InChI is InChI=1S/C24H15NS/c1-2-6-15(7-3-1)16-10-11-17-19-12-13-20-18-8-4-5-9-22(18)26-24(20)23(19)25-21(17)14-16/h1-14,25H. The van der Waals surface area contributed by atoms with Crippen LogP contribution in [0.5, 0.6) is 0 Å². The molecule has 1 nitrogen and oxygen atoms in total. The van der Waals surface area contributed by atoms with Crippen LogP contribution in [0.2, 0.25) is 0 Å². The molecule has 26 heavy (non-hydrogen) atoms. The summed E-state index contributed by atoms with van der Waals surface area (Å²) in [6.45, 7) is 0. The van der Waals surface area contributed by atoms with E-state index in [0.717, 1.165) is 0 Å². The maximum absolute atomic E-state index is 3.70. The summed E-state index contributed by atoms with van der Waals surface area (Å²) >= 11 is 1.88. The van der Waals surface area contributed by atoms with Crippen LogP contribution in [-0.4, -0.2) is 4.98 Å². The van der Waals surface area contributed by atoms with Crippen molar-refractivity contribution < 1.29 is 0 Å². The number of aromatic amines is 1. The molecule has 122 valence electrons. The Balaban J connectivity index is 1.69. The van der Waals surface area contributed by atoms with Gasteiger partial charge in [0.25, 0.3) is 0 Å². The number of aromatic nitrogens is 1. The third kappa shape index (κ3) is 1.91. The van der Waals surface area contributed by atoms with Crippen LogP contribution in [0.25, 0.3) is 53.1 Å². The molecule has 1 N–H and O–H groups in total. The molecule has 6 rings (SSSR count). The van der Waals surface area contributed by atoms with Crippen molar-refractivity contribution in [3.05, 3.63) is 84.9 Å². The predicted octanol–water partition coefficient (Wildman–Crippen LogP) is 7.36. The normalized spacial score (nSPS) is 11.8. The molecule has 4 aromatic carbocycles. The van der Waals surface area contributed by atoms with E-state index in [0.29, 0.717) is 0 Å². The summed E-state index contributed by atoms with van der Waals surface area (Å²) in [5, 5.41) is 5.28. The van der Waals surface area contributed by atoms with Gasteiger partial charge in [-0.25, -0.2) is 0 Å². The van der Waals surface area contributed by atoms with Crippen molar-refractivity contribution in [3.63, 3.8) is 0 Å². The van der Waals surface area contributed by atoms with Crippen LogP contribution in [0.3, 0.4) is 0 Å². The van der Waals surface area contributed by atoms with Gasteiger partial charge in [0.15, 0.2) is 0 Å². The summed E-state index contributed by atoms with van der Waals surface area (Å²) in [6, 6.07) is 30.5. The molecule has 6 aromatic rings. The molecule has 0 aliphatic carbocycles. The summed E-state index contributed by atoms with van der Waals surface area (Å²) in [5.41, 5.74) is 4.95. The van der Waals surface area contributed by atoms with Crippen LogP contribution in [0.1, 0.15) is 0 Å². The Kier molecular flexibility index (Phi) is 2.82. The maximum Gasteiger partial charge on any atom is 0.0646 e. The van der Waals surface area contributed by atoms with Gasteiger partial charge in [-0.3, -0.25) is 0 Å². The van der Waals surface area contributed by atoms with Crippen LogP contribution < -0.4 is 0 Å². The third-order valence-electron chi connectivity index (χ3n) is 5.22. The second-order valence-corrected chi connectivity index (χ2v) is 7.77. The number of H-pyrrole nitrogens is 1. The first-order valence-electron chi connectivity index (χ1n) is 8.79. The summed E-state index contributed by atoms with van der Waals surface area (Å²) in [4.78, 5) is 3.70. The zero-order valence-corrected chi connectivity index (χ0v) is 14.8. The summed E-state index contributed by atoms with van der Waals surface area (Å²) in [6.07, 6.45) is 0. The van der Waals surface area contributed by atoms with E-state index in [1.807, 2.05) is 11.3 Å². The van der Waals surface area contributed by atoms with Gasteiger partial charge in [-0.1, -0.05) is 72.8 Å². The fraction of sp³-hybridized carbons (Fsp3) is 0. The van der Waals surface area contributed by atoms with E-state index >= 15 is 0 Å². The number of thiophene rings is 1. The van der Waals surface area contributed by atoms with E-state index in [9.17, 15) is 0 Å². The molecular weight excluding hydrogens is 334 g/mol. The Morgan fingerprint density at radius 2 is 1.35 bits per heavy atom. The third-order valence-corrected chi connectivity index (χ3v) is 6.43. The van der Waals surface area contributed by atoms with Crippen LogP contribution in [0, 0.1) is 0 Å². The minimum atomic E-state index is 1.20. The SMILES string of the molecule is c1ccc(-c2ccc3c(c2)[nH]c2c3ccc3c4ccccc4sc32)cc1. The monoisotopic (exact) mass is 349 g/mol. The topological polar surface area (TPSA) is 15.8 Å². The molecule has 0 unspecified atom stereocenters. The lowest BCUT2D eigenvalue weighted by atomic mass is 10.0. The van der Waals surface area contributed by atoms with E-state index in [-0.39, 0.29) is 0 Å². The number of nitrogens with one attached hydrogen (secondary N) is 1. The van der Waals surface area contributed by atoms with Crippen molar-refractivity contribution in [3.8, 4) is 11.1 Å². The van der Waals surface area contributed by atoms with Gasteiger partial charge in [-0.2, -0.15) is 0 Å². The van der Waals surface area contributed by atoms with Crippen LogP contribution in [0.15, 0.2) is 84.9 Å². The van der Waals surface area contributed by atoms with Gasteiger partial charge in [-0.05, 0) is 23.3 Å². The van der Waals surface area contributed by atoms with Gasteiger partial charge in [0.2, 0.25) is 0 Å². The highest BCUT2D eigenvalue weighted by molar-refractivity contribution is 7.26. The molecule has 0 aliphatic rings. The van der Waals surface area contributed by atoms with E-state index in [2.05, 4.69) is 89.9 Å². The lowest BCUT2D eigenvalue weighted by molar-refractivity contribution is 1.56. The second-order valence-electron chi connectivity index (χ2n) is 6.71. The number of rotatable bonds is 1.